The third-order valence-electron chi connectivity index (χ3n) is 5.25. The zero-order valence-corrected chi connectivity index (χ0v) is 12.9. The molecule has 21 heavy (non-hydrogen) atoms. The van der Waals surface area contributed by atoms with Gasteiger partial charge in [0.25, 0.3) is 0 Å². The Balaban J connectivity index is 1.44. The van der Waals surface area contributed by atoms with Crippen molar-refractivity contribution in [3.05, 3.63) is 0 Å². The SMILES string of the molecule is O=C(CC1CCOC1)N1CCC(O)(CN2CCCC2)CC1. The van der Waals surface area contributed by atoms with Crippen LogP contribution < -0.4 is 0 Å². The Morgan fingerprint density at radius 3 is 2.52 bits per heavy atom. The van der Waals surface area contributed by atoms with Crippen molar-refractivity contribution in [2.45, 2.75) is 44.1 Å². The Labute approximate surface area is 127 Å². The molecule has 3 aliphatic rings. The highest BCUT2D eigenvalue weighted by molar-refractivity contribution is 5.76. The van der Waals surface area contributed by atoms with Crippen LogP contribution in [0.3, 0.4) is 0 Å². The van der Waals surface area contributed by atoms with Crippen molar-refractivity contribution >= 4 is 5.91 Å². The molecule has 5 nitrogen and oxygen atoms in total. The fourth-order valence-electron chi connectivity index (χ4n) is 3.81. The number of nitrogens with zero attached hydrogens (tertiary/aromatic N) is 2. The van der Waals surface area contributed by atoms with E-state index in [1.165, 1.54) is 12.8 Å². The fraction of sp³-hybridized carbons (Fsp3) is 0.938. The minimum absolute atomic E-state index is 0.244. The van der Waals surface area contributed by atoms with Crippen LogP contribution in [0.25, 0.3) is 0 Å². The summed E-state index contributed by atoms with van der Waals surface area (Å²) in [5, 5.41) is 10.7. The second-order valence-corrected chi connectivity index (χ2v) is 7.02. The van der Waals surface area contributed by atoms with Crippen molar-refractivity contribution in [3.63, 3.8) is 0 Å². The summed E-state index contributed by atoms with van der Waals surface area (Å²) in [6, 6.07) is 0. The number of ether oxygens (including phenoxy) is 1. The monoisotopic (exact) mass is 296 g/mol. The maximum Gasteiger partial charge on any atom is 0.222 e. The number of carbonyl (C=O) groups excluding carboxylic acids is 1. The molecule has 3 rings (SSSR count). The number of likely N-dealkylation sites (tertiary alicyclic amines) is 2. The molecule has 0 bridgehead atoms. The molecule has 1 amide bonds. The predicted octanol–water partition coefficient (Wildman–Crippen LogP) is 0.862. The Morgan fingerprint density at radius 2 is 1.90 bits per heavy atom. The minimum Gasteiger partial charge on any atom is -0.388 e. The number of amides is 1. The molecule has 1 atom stereocenters. The molecule has 0 aromatic carbocycles. The highest BCUT2D eigenvalue weighted by Crippen LogP contribution is 2.26. The lowest BCUT2D eigenvalue weighted by molar-refractivity contribution is -0.137. The van der Waals surface area contributed by atoms with Gasteiger partial charge in [-0.3, -0.25) is 4.79 Å². The highest BCUT2D eigenvalue weighted by Gasteiger charge is 2.36. The van der Waals surface area contributed by atoms with Crippen molar-refractivity contribution in [2.24, 2.45) is 5.92 Å². The maximum absolute atomic E-state index is 12.3. The summed E-state index contributed by atoms with van der Waals surface area (Å²) in [5.74, 6) is 0.650. The Hall–Kier alpha value is -0.650. The average molecular weight is 296 g/mol. The van der Waals surface area contributed by atoms with E-state index in [4.69, 9.17) is 4.74 Å². The summed E-state index contributed by atoms with van der Waals surface area (Å²) in [5.41, 5.74) is -0.586. The molecule has 3 fully saturated rings. The summed E-state index contributed by atoms with van der Waals surface area (Å²) < 4.78 is 5.34. The first-order chi connectivity index (χ1) is 10.1. The Bertz CT molecular complexity index is 355. The first-order valence-corrected chi connectivity index (χ1v) is 8.45. The van der Waals surface area contributed by atoms with Crippen LogP contribution in [0, 0.1) is 5.92 Å². The molecule has 3 heterocycles. The third kappa shape index (κ3) is 3.96. The van der Waals surface area contributed by atoms with Gasteiger partial charge in [0.05, 0.1) is 5.60 Å². The van der Waals surface area contributed by atoms with Gasteiger partial charge in [0.1, 0.15) is 0 Å². The van der Waals surface area contributed by atoms with E-state index in [1.807, 2.05) is 4.90 Å². The molecule has 0 spiro atoms. The zero-order valence-electron chi connectivity index (χ0n) is 12.9. The largest absolute Gasteiger partial charge is 0.388 e. The van der Waals surface area contributed by atoms with Crippen LogP contribution in [0.15, 0.2) is 0 Å². The third-order valence-corrected chi connectivity index (χ3v) is 5.25. The van der Waals surface area contributed by atoms with Gasteiger partial charge in [-0.1, -0.05) is 0 Å². The quantitative estimate of drug-likeness (QED) is 0.836. The van der Waals surface area contributed by atoms with Gasteiger partial charge < -0.3 is 19.6 Å². The van der Waals surface area contributed by atoms with Gasteiger partial charge in [-0.25, -0.2) is 0 Å². The molecule has 3 saturated heterocycles. The molecule has 0 aromatic heterocycles. The Morgan fingerprint density at radius 1 is 1.19 bits per heavy atom. The molecule has 5 heteroatoms. The fourth-order valence-corrected chi connectivity index (χ4v) is 3.81. The summed E-state index contributed by atoms with van der Waals surface area (Å²) >= 11 is 0. The van der Waals surface area contributed by atoms with Gasteiger partial charge in [-0.15, -0.1) is 0 Å². The van der Waals surface area contributed by atoms with E-state index >= 15 is 0 Å². The van der Waals surface area contributed by atoms with Gasteiger partial charge in [-0.05, 0) is 51.1 Å². The van der Waals surface area contributed by atoms with Crippen molar-refractivity contribution in [1.29, 1.82) is 0 Å². The van der Waals surface area contributed by atoms with Crippen molar-refractivity contribution in [1.82, 2.24) is 9.80 Å². The number of aliphatic hydroxyl groups is 1. The molecule has 3 aliphatic heterocycles. The molecular weight excluding hydrogens is 268 g/mol. The van der Waals surface area contributed by atoms with E-state index in [1.54, 1.807) is 0 Å². The van der Waals surface area contributed by atoms with Gasteiger partial charge in [0.15, 0.2) is 0 Å². The lowest BCUT2D eigenvalue weighted by Gasteiger charge is -2.40. The number of hydrogen-bond donors (Lipinski definition) is 1. The molecule has 0 radical (unpaired) electrons. The van der Waals surface area contributed by atoms with Crippen molar-refractivity contribution in [2.75, 3.05) is 45.9 Å². The number of rotatable bonds is 4. The lowest BCUT2D eigenvalue weighted by Crippen LogP contribution is -2.51. The second kappa shape index (κ2) is 6.63. The molecular formula is C16H28N2O3. The molecule has 0 aromatic rings. The standard InChI is InChI=1S/C16H28N2O3/c19-15(11-14-3-10-21-12-14)18-8-4-16(20,5-9-18)13-17-6-1-2-7-17/h14,20H,1-13H2. The van der Waals surface area contributed by atoms with Crippen molar-refractivity contribution < 1.29 is 14.6 Å². The van der Waals surface area contributed by atoms with E-state index in [9.17, 15) is 9.90 Å². The summed E-state index contributed by atoms with van der Waals surface area (Å²) in [6.07, 6.45) is 5.57. The van der Waals surface area contributed by atoms with Crippen LogP contribution in [0.2, 0.25) is 0 Å². The average Bonchev–Trinajstić information content (AvgIpc) is 3.13. The van der Waals surface area contributed by atoms with Crippen LogP contribution in [-0.4, -0.2) is 72.4 Å². The van der Waals surface area contributed by atoms with E-state index in [0.29, 0.717) is 25.4 Å². The topological polar surface area (TPSA) is 53.0 Å². The lowest BCUT2D eigenvalue weighted by atomic mass is 9.90. The number of piperidine rings is 1. The normalized spacial score (nSPS) is 30.0. The summed E-state index contributed by atoms with van der Waals surface area (Å²) in [4.78, 5) is 16.6. The van der Waals surface area contributed by atoms with Crippen LogP contribution in [-0.2, 0) is 9.53 Å². The first kappa shape index (κ1) is 15.3. The Kier molecular flexibility index (Phi) is 4.82. The molecule has 1 N–H and O–H groups in total. The van der Waals surface area contributed by atoms with Crippen molar-refractivity contribution in [3.8, 4) is 0 Å². The molecule has 120 valence electrons. The highest BCUT2D eigenvalue weighted by atomic mass is 16.5. The van der Waals surface area contributed by atoms with Gasteiger partial charge in [-0.2, -0.15) is 0 Å². The number of hydrogen-bond acceptors (Lipinski definition) is 4. The summed E-state index contributed by atoms with van der Waals surface area (Å²) in [6.45, 7) is 5.96. The van der Waals surface area contributed by atoms with E-state index in [0.717, 1.165) is 52.1 Å². The minimum atomic E-state index is -0.586. The second-order valence-electron chi connectivity index (χ2n) is 7.02. The van der Waals surface area contributed by atoms with E-state index < -0.39 is 5.60 Å². The van der Waals surface area contributed by atoms with Gasteiger partial charge >= 0.3 is 0 Å². The van der Waals surface area contributed by atoms with Crippen LogP contribution >= 0.6 is 0 Å². The smallest absolute Gasteiger partial charge is 0.222 e. The number of β-amino-alcohol motifs (C(OH)–C–C–N with tert-alkyl or cyclic N) is 1. The van der Waals surface area contributed by atoms with E-state index in [2.05, 4.69) is 4.90 Å². The predicted molar refractivity (Wildman–Crippen MR) is 80.0 cm³/mol. The maximum atomic E-state index is 12.3. The van der Waals surface area contributed by atoms with Gasteiger partial charge in [0.2, 0.25) is 5.91 Å². The van der Waals surface area contributed by atoms with Crippen LogP contribution in [0.4, 0.5) is 0 Å². The first-order valence-electron chi connectivity index (χ1n) is 8.45. The number of carbonyl (C=O) groups is 1. The van der Waals surface area contributed by atoms with Crippen LogP contribution in [0.5, 0.6) is 0 Å². The zero-order chi connectivity index (χ0) is 14.7. The van der Waals surface area contributed by atoms with E-state index in [-0.39, 0.29) is 5.91 Å². The molecule has 0 aliphatic carbocycles. The molecule has 0 saturated carbocycles. The summed E-state index contributed by atoms with van der Waals surface area (Å²) in [7, 11) is 0. The molecule has 1 unspecified atom stereocenters. The van der Waals surface area contributed by atoms with Crippen LogP contribution in [0.1, 0.15) is 38.5 Å². The van der Waals surface area contributed by atoms with Gasteiger partial charge in [0, 0.05) is 39.3 Å².